The van der Waals surface area contributed by atoms with Gasteiger partial charge in [0, 0.05) is 30.0 Å². The number of carbonyl (C=O) groups is 1. The van der Waals surface area contributed by atoms with Crippen molar-refractivity contribution in [2.24, 2.45) is 5.92 Å². The van der Waals surface area contributed by atoms with Crippen LogP contribution in [0.4, 0.5) is 5.13 Å². The highest BCUT2D eigenvalue weighted by Crippen LogP contribution is 2.33. The molecule has 158 valence electrons. The number of amides is 1. The molecule has 0 aliphatic carbocycles. The van der Waals surface area contributed by atoms with Crippen LogP contribution in [0.15, 0.2) is 47.2 Å². The number of thiazole rings is 1. The quantitative estimate of drug-likeness (QED) is 0.524. The fourth-order valence-corrected chi connectivity index (χ4v) is 6.02. The number of hydrogen-bond donors (Lipinski definition) is 0. The van der Waals surface area contributed by atoms with Crippen LogP contribution in [0.3, 0.4) is 0 Å². The average molecular weight is 509 g/mol. The maximum absolute atomic E-state index is 13.6. The summed E-state index contributed by atoms with van der Waals surface area (Å²) in [5.41, 5.74) is 1.71. The van der Waals surface area contributed by atoms with E-state index in [2.05, 4.69) is 25.9 Å². The minimum absolute atomic E-state index is 0.106. The number of carbonyl (C=O) groups excluding carboxylic acids is 1. The SMILES string of the molecule is CS(=O)(=O)N1CCCC(C(=O)N(Cc2cccnc2)c2nc3ccc(Br)cc3s2)C1. The lowest BCUT2D eigenvalue weighted by molar-refractivity contribution is -0.123. The number of anilines is 1. The van der Waals surface area contributed by atoms with Crippen molar-refractivity contribution in [1.29, 1.82) is 0 Å². The Morgan fingerprint density at radius 2 is 2.20 bits per heavy atom. The van der Waals surface area contributed by atoms with Crippen molar-refractivity contribution in [3.8, 4) is 0 Å². The largest absolute Gasteiger partial charge is 0.283 e. The van der Waals surface area contributed by atoms with Gasteiger partial charge in [0.25, 0.3) is 0 Å². The highest BCUT2D eigenvalue weighted by Gasteiger charge is 2.34. The van der Waals surface area contributed by atoms with Gasteiger partial charge in [0.15, 0.2) is 5.13 Å². The Kier molecular flexibility index (Phi) is 6.19. The first kappa shape index (κ1) is 21.4. The topological polar surface area (TPSA) is 83.5 Å². The van der Waals surface area contributed by atoms with E-state index >= 15 is 0 Å². The molecule has 1 aromatic carbocycles. The zero-order valence-corrected chi connectivity index (χ0v) is 19.6. The van der Waals surface area contributed by atoms with Crippen LogP contribution in [0.25, 0.3) is 10.2 Å². The lowest BCUT2D eigenvalue weighted by Crippen LogP contribution is -2.46. The molecule has 3 aromatic rings. The summed E-state index contributed by atoms with van der Waals surface area (Å²) < 4.78 is 27.4. The van der Waals surface area contributed by atoms with Gasteiger partial charge in [-0.05, 0) is 42.7 Å². The van der Waals surface area contributed by atoms with E-state index in [-0.39, 0.29) is 12.5 Å². The fraction of sp³-hybridized carbons (Fsp3) is 0.350. The van der Waals surface area contributed by atoms with Gasteiger partial charge in [0.1, 0.15) is 0 Å². The second-order valence-electron chi connectivity index (χ2n) is 7.35. The van der Waals surface area contributed by atoms with E-state index < -0.39 is 15.9 Å². The van der Waals surface area contributed by atoms with Crippen LogP contribution in [0.2, 0.25) is 0 Å². The smallest absolute Gasteiger partial charge is 0.233 e. The van der Waals surface area contributed by atoms with Gasteiger partial charge in [-0.25, -0.2) is 17.7 Å². The molecule has 0 radical (unpaired) electrons. The monoisotopic (exact) mass is 508 g/mol. The third kappa shape index (κ3) is 4.72. The number of hydrogen-bond acceptors (Lipinski definition) is 6. The molecule has 2 aromatic heterocycles. The van der Waals surface area contributed by atoms with Crippen molar-refractivity contribution in [1.82, 2.24) is 14.3 Å². The summed E-state index contributed by atoms with van der Waals surface area (Å²) in [7, 11) is -3.33. The fourth-order valence-electron chi connectivity index (χ4n) is 3.58. The zero-order chi connectivity index (χ0) is 21.3. The predicted octanol–water partition coefficient (Wildman–Crippen LogP) is 3.66. The number of nitrogens with zero attached hydrogens (tertiary/aromatic N) is 4. The number of pyridine rings is 1. The lowest BCUT2D eigenvalue weighted by atomic mass is 9.98. The third-order valence-electron chi connectivity index (χ3n) is 5.10. The molecule has 1 fully saturated rings. The van der Waals surface area contributed by atoms with E-state index in [9.17, 15) is 13.2 Å². The number of piperidine rings is 1. The van der Waals surface area contributed by atoms with Gasteiger partial charge in [0.2, 0.25) is 15.9 Å². The molecule has 0 N–H and O–H groups in total. The van der Waals surface area contributed by atoms with Gasteiger partial charge in [-0.3, -0.25) is 14.7 Å². The third-order valence-corrected chi connectivity index (χ3v) is 7.91. The zero-order valence-electron chi connectivity index (χ0n) is 16.4. The van der Waals surface area contributed by atoms with Crippen LogP contribution < -0.4 is 4.90 Å². The number of halogens is 1. The number of sulfonamides is 1. The average Bonchev–Trinajstić information content (AvgIpc) is 3.14. The highest BCUT2D eigenvalue weighted by atomic mass is 79.9. The number of aromatic nitrogens is 2. The Bertz CT molecular complexity index is 1170. The van der Waals surface area contributed by atoms with Crippen molar-refractivity contribution in [3.05, 3.63) is 52.8 Å². The van der Waals surface area contributed by atoms with E-state index in [1.165, 1.54) is 21.9 Å². The summed E-state index contributed by atoms with van der Waals surface area (Å²) in [4.78, 5) is 24.1. The molecule has 1 aliphatic rings. The Balaban J connectivity index is 1.68. The summed E-state index contributed by atoms with van der Waals surface area (Å²) >= 11 is 4.93. The Labute approximate surface area is 187 Å². The minimum Gasteiger partial charge on any atom is -0.283 e. The molecule has 1 saturated heterocycles. The van der Waals surface area contributed by atoms with Crippen molar-refractivity contribution >= 4 is 58.5 Å². The first-order valence-electron chi connectivity index (χ1n) is 9.53. The standard InChI is InChI=1S/C20H21BrN4O3S2/c1-30(27,28)24-9-3-5-15(13-24)19(26)25(12-14-4-2-8-22-11-14)20-23-17-7-6-16(21)10-18(17)29-20/h2,4,6-8,10-11,15H,3,5,9,12-13H2,1H3. The van der Waals surface area contributed by atoms with Crippen molar-refractivity contribution in [3.63, 3.8) is 0 Å². The molecule has 10 heteroatoms. The van der Waals surface area contributed by atoms with Gasteiger partial charge in [-0.15, -0.1) is 0 Å². The summed E-state index contributed by atoms with van der Waals surface area (Å²) in [6.45, 7) is 1.00. The molecule has 0 saturated carbocycles. The highest BCUT2D eigenvalue weighted by molar-refractivity contribution is 9.10. The van der Waals surface area contributed by atoms with E-state index in [1.807, 2.05) is 30.3 Å². The first-order chi connectivity index (χ1) is 14.3. The van der Waals surface area contributed by atoms with Crippen LogP contribution >= 0.6 is 27.3 Å². The second kappa shape index (κ2) is 8.70. The summed E-state index contributed by atoms with van der Waals surface area (Å²) in [6, 6.07) is 9.57. The lowest BCUT2D eigenvalue weighted by Gasteiger charge is -2.33. The maximum Gasteiger partial charge on any atom is 0.233 e. The van der Waals surface area contributed by atoms with Crippen molar-refractivity contribution in [2.45, 2.75) is 19.4 Å². The molecule has 1 amide bonds. The minimum atomic E-state index is -3.33. The predicted molar refractivity (Wildman–Crippen MR) is 122 cm³/mol. The van der Waals surface area contributed by atoms with E-state index in [0.29, 0.717) is 31.1 Å². The molecule has 30 heavy (non-hydrogen) atoms. The van der Waals surface area contributed by atoms with Crippen LogP contribution in [0.5, 0.6) is 0 Å². The van der Waals surface area contributed by atoms with E-state index in [1.54, 1.807) is 17.3 Å². The molecule has 3 heterocycles. The van der Waals surface area contributed by atoms with Gasteiger partial charge in [-0.2, -0.15) is 0 Å². The van der Waals surface area contributed by atoms with Crippen LogP contribution in [-0.4, -0.2) is 47.9 Å². The molecule has 7 nitrogen and oxygen atoms in total. The Morgan fingerprint density at radius 3 is 2.93 bits per heavy atom. The first-order valence-corrected chi connectivity index (χ1v) is 13.0. The summed E-state index contributed by atoms with van der Waals surface area (Å²) in [6.07, 6.45) is 5.93. The molecular formula is C20H21BrN4O3S2. The number of fused-ring (bicyclic) bond motifs is 1. The van der Waals surface area contributed by atoms with Crippen molar-refractivity contribution in [2.75, 3.05) is 24.2 Å². The van der Waals surface area contributed by atoms with E-state index in [4.69, 9.17) is 0 Å². The number of benzene rings is 1. The maximum atomic E-state index is 13.6. The molecule has 0 bridgehead atoms. The molecule has 1 atom stereocenters. The Hall–Kier alpha value is -1.88. The van der Waals surface area contributed by atoms with E-state index in [0.717, 1.165) is 20.3 Å². The molecule has 0 spiro atoms. The normalized spacial score (nSPS) is 17.9. The number of rotatable bonds is 5. The van der Waals surface area contributed by atoms with Crippen LogP contribution in [0.1, 0.15) is 18.4 Å². The summed E-state index contributed by atoms with van der Waals surface area (Å²) in [5, 5.41) is 0.605. The second-order valence-corrected chi connectivity index (χ2v) is 11.3. The Morgan fingerprint density at radius 1 is 1.37 bits per heavy atom. The van der Waals surface area contributed by atoms with Crippen LogP contribution in [-0.2, 0) is 21.4 Å². The molecule has 1 unspecified atom stereocenters. The van der Waals surface area contributed by atoms with Crippen molar-refractivity contribution < 1.29 is 13.2 Å². The van der Waals surface area contributed by atoms with Crippen LogP contribution in [0, 0.1) is 5.92 Å². The summed E-state index contributed by atoms with van der Waals surface area (Å²) in [5.74, 6) is -0.505. The molecule has 1 aliphatic heterocycles. The molecule has 4 rings (SSSR count). The van der Waals surface area contributed by atoms with Gasteiger partial charge in [0.05, 0.1) is 28.9 Å². The van der Waals surface area contributed by atoms with Gasteiger partial charge in [-0.1, -0.05) is 33.3 Å². The van der Waals surface area contributed by atoms with Gasteiger partial charge >= 0.3 is 0 Å². The van der Waals surface area contributed by atoms with Gasteiger partial charge < -0.3 is 0 Å². The molecular weight excluding hydrogens is 488 g/mol.